The summed E-state index contributed by atoms with van der Waals surface area (Å²) in [6.45, 7) is 3.62. The zero-order chi connectivity index (χ0) is 24.0. The molecule has 34 heavy (non-hydrogen) atoms. The molecular weight excluding hydrogens is 452 g/mol. The summed E-state index contributed by atoms with van der Waals surface area (Å²) in [4.78, 5) is 12.9. The first-order valence-electron chi connectivity index (χ1n) is 11.6. The Labute approximate surface area is 200 Å². The highest BCUT2D eigenvalue weighted by Gasteiger charge is 2.27. The normalized spacial score (nSPS) is 15.2. The van der Waals surface area contributed by atoms with Crippen LogP contribution < -0.4 is 14.8 Å². The molecule has 1 aliphatic heterocycles. The van der Waals surface area contributed by atoms with Crippen LogP contribution in [0.25, 0.3) is 10.8 Å². The number of carbonyl (C=O) groups excluding carboxylic acids is 1. The van der Waals surface area contributed by atoms with Crippen molar-refractivity contribution in [3.8, 4) is 11.5 Å². The van der Waals surface area contributed by atoms with Crippen LogP contribution in [0, 0.1) is 0 Å². The summed E-state index contributed by atoms with van der Waals surface area (Å²) in [6.07, 6.45) is 1.72. The van der Waals surface area contributed by atoms with Gasteiger partial charge in [-0.2, -0.15) is 4.31 Å². The number of nitrogens with zero attached hydrogens (tertiary/aromatic N) is 1. The Kier molecular flexibility index (Phi) is 7.70. The molecule has 1 saturated heterocycles. The van der Waals surface area contributed by atoms with E-state index < -0.39 is 16.1 Å². The minimum absolute atomic E-state index is 0.203. The van der Waals surface area contributed by atoms with Crippen LogP contribution in [-0.4, -0.2) is 51.0 Å². The lowest BCUT2D eigenvalue weighted by Gasteiger charge is -2.18. The summed E-state index contributed by atoms with van der Waals surface area (Å²) in [5, 5.41) is 4.88. The van der Waals surface area contributed by atoms with E-state index in [-0.39, 0.29) is 17.4 Å². The molecule has 0 saturated carbocycles. The molecule has 4 rings (SSSR count). The number of benzene rings is 3. The van der Waals surface area contributed by atoms with Crippen LogP contribution in [0.4, 0.5) is 0 Å². The van der Waals surface area contributed by atoms with Crippen molar-refractivity contribution in [2.24, 2.45) is 0 Å². The molecule has 3 aromatic carbocycles. The van der Waals surface area contributed by atoms with Crippen LogP contribution in [0.2, 0.25) is 0 Å². The van der Waals surface area contributed by atoms with E-state index in [1.165, 1.54) is 4.31 Å². The Morgan fingerprint density at radius 2 is 1.71 bits per heavy atom. The van der Waals surface area contributed by atoms with Gasteiger partial charge in [-0.3, -0.25) is 4.79 Å². The van der Waals surface area contributed by atoms with Gasteiger partial charge >= 0.3 is 0 Å². The lowest BCUT2D eigenvalue weighted by molar-refractivity contribution is -0.128. The van der Waals surface area contributed by atoms with Gasteiger partial charge in [0.2, 0.25) is 10.0 Å². The predicted molar refractivity (Wildman–Crippen MR) is 132 cm³/mol. The lowest BCUT2D eigenvalue weighted by atomic mass is 10.1. The van der Waals surface area contributed by atoms with Gasteiger partial charge < -0.3 is 14.8 Å². The maximum absolute atomic E-state index is 12.6. The first kappa shape index (κ1) is 24.0. The van der Waals surface area contributed by atoms with Crippen LogP contribution in [0.1, 0.15) is 26.2 Å². The summed E-state index contributed by atoms with van der Waals surface area (Å²) in [5.74, 6) is 1.03. The number of ether oxygens (including phenoxy) is 2. The van der Waals surface area contributed by atoms with Gasteiger partial charge in [-0.25, -0.2) is 8.42 Å². The third kappa shape index (κ3) is 5.51. The molecule has 0 unspecified atom stereocenters. The second kappa shape index (κ2) is 10.9. The van der Waals surface area contributed by atoms with Crippen molar-refractivity contribution in [2.45, 2.75) is 37.2 Å². The molecule has 1 N–H and O–H groups in total. The highest BCUT2D eigenvalue weighted by atomic mass is 32.2. The fourth-order valence-electron chi connectivity index (χ4n) is 4.02. The summed E-state index contributed by atoms with van der Waals surface area (Å²) < 4.78 is 38.4. The van der Waals surface area contributed by atoms with Gasteiger partial charge in [-0.15, -0.1) is 0 Å². The topological polar surface area (TPSA) is 84.9 Å². The number of rotatable bonds is 10. The molecule has 0 spiro atoms. The number of hydrogen-bond acceptors (Lipinski definition) is 5. The van der Waals surface area contributed by atoms with E-state index in [4.69, 9.17) is 9.47 Å². The molecule has 1 amide bonds. The van der Waals surface area contributed by atoms with Crippen molar-refractivity contribution in [1.82, 2.24) is 9.62 Å². The lowest BCUT2D eigenvalue weighted by Crippen LogP contribution is -2.39. The van der Waals surface area contributed by atoms with E-state index in [1.54, 1.807) is 24.3 Å². The average molecular weight is 483 g/mol. The highest BCUT2D eigenvalue weighted by molar-refractivity contribution is 7.89. The van der Waals surface area contributed by atoms with E-state index in [1.807, 2.05) is 49.4 Å². The maximum atomic E-state index is 12.6. The summed E-state index contributed by atoms with van der Waals surface area (Å²) in [7, 11) is -3.44. The van der Waals surface area contributed by atoms with Crippen LogP contribution in [0.5, 0.6) is 11.5 Å². The van der Waals surface area contributed by atoms with E-state index in [2.05, 4.69) is 5.32 Å². The molecule has 1 atom stereocenters. The largest absolute Gasteiger partial charge is 0.492 e. The van der Waals surface area contributed by atoms with Gasteiger partial charge in [-0.1, -0.05) is 43.3 Å². The standard InChI is InChI=1S/C26H30N2O5S/c1-2-24(33-25-11-7-9-20-8-3-4-10-23(20)25)26(29)27-16-19-32-21-12-14-22(15-13-21)34(30,31)28-17-5-6-18-28/h3-4,7-15,24H,2,5-6,16-19H2,1H3,(H,27,29)/t24-/m1/s1. The number of carbonyl (C=O) groups is 1. The first-order chi connectivity index (χ1) is 16.5. The van der Waals surface area contributed by atoms with Crippen molar-refractivity contribution < 1.29 is 22.7 Å². The van der Waals surface area contributed by atoms with Crippen LogP contribution in [-0.2, 0) is 14.8 Å². The molecular formula is C26H30N2O5S. The van der Waals surface area contributed by atoms with Gasteiger partial charge in [0.15, 0.2) is 6.10 Å². The Morgan fingerprint density at radius 1 is 1.00 bits per heavy atom. The highest BCUT2D eigenvalue weighted by Crippen LogP contribution is 2.26. The van der Waals surface area contributed by atoms with Crippen molar-refractivity contribution in [2.75, 3.05) is 26.2 Å². The zero-order valence-electron chi connectivity index (χ0n) is 19.3. The number of hydrogen-bond donors (Lipinski definition) is 1. The Hall–Kier alpha value is -3.10. The summed E-state index contributed by atoms with van der Waals surface area (Å²) in [5.41, 5.74) is 0. The zero-order valence-corrected chi connectivity index (χ0v) is 20.1. The third-order valence-corrected chi connectivity index (χ3v) is 7.79. The molecule has 1 aliphatic rings. The Morgan fingerprint density at radius 3 is 2.44 bits per heavy atom. The predicted octanol–water partition coefficient (Wildman–Crippen LogP) is 3.98. The minimum atomic E-state index is -3.44. The molecule has 0 aromatic heterocycles. The van der Waals surface area contributed by atoms with Crippen LogP contribution in [0.3, 0.4) is 0 Å². The van der Waals surface area contributed by atoms with Crippen molar-refractivity contribution >= 4 is 26.7 Å². The monoisotopic (exact) mass is 482 g/mol. The maximum Gasteiger partial charge on any atom is 0.261 e. The molecule has 3 aromatic rings. The number of amides is 1. The summed E-state index contributed by atoms with van der Waals surface area (Å²) in [6, 6.07) is 20.1. The second-order valence-electron chi connectivity index (χ2n) is 8.21. The third-order valence-electron chi connectivity index (χ3n) is 5.88. The quantitative estimate of drug-likeness (QED) is 0.442. The molecule has 180 valence electrons. The van der Waals surface area contributed by atoms with E-state index in [0.717, 1.165) is 23.6 Å². The molecule has 8 heteroatoms. The number of nitrogens with one attached hydrogen (secondary N) is 1. The van der Waals surface area contributed by atoms with Gasteiger partial charge in [0, 0.05) is 18.5 Å². The van der Waals surface area contributed by atoms with E-state index >= 15 is 0 Å². The average Bonchev–Trinajstić information content (AvgIpc) is 3.41. The summed E-state index contributed by atoms with van der Waals surface area (Å²) >= 11 is 0. The number of sulfonamides is 1. The molecule has 1 fully saturated rings. The van der Waals surface area contributed by atoms with Gasteiger partial charge in [0.25, 0.3) is 5.91 Å². The Balaban J connectivity index is 1.27. The fraction of sp³-hybridized carbons (Fsp3) is 0.346. The van der Waals surface area contributed by atoms with Crippen LogP contribution >= 0.6 is 0 Å². The van der Waals surface area contributed by atoms with Crippen molar-refractivity contribution in [3.63, 3.8) is 0 Å². The second-order valence-corrected chi connectivity index (χ2v) is 10.2. The smallest absolute Gasteiger partial charge is 0.261 e. The van der Waals surface area contributed by atoms with Crippen LogP contribution in [0.15, 0.2) is 71.6 Å². The van der Waals surface area contributed by atoms with Gasteiger partial charge in [0.05, 0.1) is 11.4 Å². The first-order valence-corrected chi connectivity index (χ1v) is 13.1. The molecule has 0 bridgehead atoms. The number of fused-ring (bicyclic) bond motifs is 1. The minimum Gasteiger partial charge on any atom is -0.492 e. The molecule has 7 nitrogen and oxygen atoms in total. The van der Waals surface area contributed by atoms with Crippen molar-refractivity contribution in [3.05, 3.63) is 66.7 Å². The van der Waals surface area contributed by atoms with E-state index in [9.17, 15) is 13.2 Å². The van der Waals surface area contributed by atoms with Gasteiger partial charge in [-0.05, 0) is 55.0 Å². The SMILES string of the molecule is CC[C@@H](Oc1cccc2ccccc12)C(=O)NCCOc1ccc(S(=O)(=O)N2CCCC2)cc1. The van der Waals surface area contributed by atoms with E-state index in [0.29, 0.717) is 37.6 Å². The Bertz CT molecular complexity index is 1220. The molecule has 0 radical (unpaired) electrons. The fourth-order valence-corrected chi connectivity index (χ4v) is 5.53. The molecule has 0 aliphatic carbocycles. The van der Waals surface area contributed by atoms with Crippen molar-refractivity contribution in [1.29, 1.82) is 0 Å². The molecule has 1 heterocycles. The van der Waals surface area contributed by atoms with Gasteiger partial charge in [0.1, 0.15) is 18.1 Å².